The Balaban J connectivity index is 0.00000512. The van der Waals surface area contributed by atoms with Crippen LogP contribution in [-0.4, -0.2) is 44.7 Å². The van der Waals surface area contributed by atoms with Gasteiger partial charge in [-0.3, -0.25) is 9.79 Å². The first-order valence-corrected chi connectivity index (χ1v) is 10.4. The summed E-state index contributed by atoms with van der Waals surface area (Å²) in [5.74, 6) is 1.27. The molecule has 176 valence electrons. The number of likely N-dealkylation sites (N-methyl/N-ethyl adjacent to an activating group) is 1. The van der Waals surface area contributed by atoms with Crippen molar-refractivity contribution in [2.45, 2.75) is 32.9 Å². The molecule has 2 aromatic rings. The summed E-state index contributed by atoms with van der Waals surface area (Å²) >= 11 is 0. The Bertz CT molecular complexity index is 867. The lowest BCUT2D eigenvalue weighted by atomic mass is 10.2. The summed E-state index contributed by atoms with van der Waals surface area (Å²) in [5, 5.41) is 9.16. The smallest absolute Gasteiger partial charge is 0.257 e. The molecule has 9 heteroatoms. The molecule has 0 heterocycles. The topological polar surface area (TPSA) is 84.0 Å². The first kappa shape index (κ1) is 27.5. The van der Waals surface area contributed by atoms with Gasteiger partial charge in [-0.2, -0.15) is 0 Å². The molecule has 3 N–H and O–H groups in total. The van der Waals surface area contributed by atoms with Crippen LogP contribution < -0.4 is 25.4 Å². The lowest BCUT2D eigenvalue weighted by Crippen LogP contribution is -2.42. The number of rotatable bonds is 11. The molecular weight excluding hydrogens is 526 g/mol. The van der Waals surface area contributed by atoms with Crippen LogP contribution in [0.3, 0.4) is 0 Å². The molecule has 0 aromatic heterocycles. The van der Waals surface area contributed by atoms with Gasteiger partial charge in [0.25, 0.3) is 5.91 Å². The standard InChI is InChI=1S/C23H31FN4O3.HI/c1-4-19(31-21-11-7-9-18(24)13-21)15-28-23(25-3)27-14-17-8-6-10-20(12-17)30-16-22(29)26-5-2;/h6-13,19H,4-5,14-16H2,1-3H3,(H,26,29)(H2,25,27,28);1H. The molecule has 0 aliphatic heterocycles. The first-order valence-electron chi connectivity index (χ1n) is 10.4. The summed E-state index contributed by atoms with van der Waals surface area (Å²) in [4.78, 5) is 15.8. The fourth-order valence-electron chi connectivity index (χ4n) is 2.76. The minimum absolute atomic E-state index is 0. The van der Waals surface area contributed by atoms with Crippen molar-refractivity contribution in [1.29, 1.82) is 0 Å². The Morgan fingerprint density at radius 3 is 2.50 bits per heavy atom. The van der Waals surface area contributed by atoms with Crippen molar-refractivity contribution in [3.63, 3.8) is 0 Å². The largest absolute Gasteiger partial charge is 0.489 e. The van der Waals surface area contributed by atoms with Crippen molar-refractivity contribution >= 4 is 35.8 Å². The van der Waals surface area contributed by atoms with E-state index in [9.17, 15) is 9.18 Å². The van der Waals surface area contributed by atoms with Gasteiger partial charge < -0.3 is 25.4 Å². The van der Waals surface area contributed by atoms with Gasteiger partial charge in [0, 0.05) is 26.2 Å². The average Bonchev–Trinajstić information content (AvgIpc) is 2.77. The Kier molecular flexibility index (Phi) is 13.1. The lowest BCUT2D eigenvalue weighted by molar-refractivity contribution is -0.122. The molecule has 1 atom stereocenters. The van der Waals surface area contributed by atoms with Crippen LogP contribution in [0.15, 0.2) is 53.5 Å². The summed E-state index contributed by atoms with van der Waals surface area (Å²) in [6, 6.07) is 13.6. The van der Waals surface area contributed by atoms with Crippen LogP contribution in [0.2, 0.25) is 0 Å². The number of hydrogen-bond donors (Lipinski definition) is 3. The van der Waals surface area contributed by atoms with Crippen molar-refractivity contribution in [2.24, 2.45) is 4.99 Å². The highest BCUT2D eigenvalue weighted by atomic mass is 127. The molecule has 0 radical (unpaired) electrons. The van der Waals surface area contributed by atoms with Gasteiger partial charge in [-0.05, 0) is 43.2 Å². The van der Waals surface area contributed by atoms with E-state index in [2.05, 4.69) is 20.9 Å². The number of nitrogens with one attached hydrogen (secondary N) is 3. The molecule has 0 saturated heterocycles. The zero-order valence-corrected chi connectivity index (χ0v) is 21.0. The predicted molar refractivity (Wildman–Crippen MR) is 135 cm³/mol. The minimum Gasteiger partial charge on any atom is -0.489 e. The summed E-state index contributed by atoms with van der Waals surface area (Å²) in [6.07, 6.45) is 0.622. The molecule has 0 aliphatic carbocycles. The van der Waals surface area contributed by atoms with E-state index in [1.807, 2.05) is 38.1 Å². The number of benzene rings is 2. The number of hydrogen-bond acceptors (Lipinski definition) is 4. The molecular formula is C23H32FIN4O3. The maximum absolute atomic E-state index is 13.3. The van der Waals surface area contributed by atoms with E-state index in [1.165, 1.54) is 12.1 Å². The number of ether oxygens (including phenoxy) is 2. The highest BCUT2D eigenvalue weighted by Crippen LogP contribution is 2.15. The second-order valence-corrected chi connectivity index (χ2v) is 6.80. The van der Waals surface area contributed by atoms with Gasteiger partial charge in [0.2, 0.25) is 0 Å². The average molecular weight is 558 g/mol. The molecule has 0 saturated carbocycles. The molecule has 7 nitrogen and oxygen atoms in total. The second-order valence-electron chi connectivity index (χ2n) is 6.80. The second kappa shape index (κ2) is 15.3. The Morgan fingerprint density at radius 1 is 1.06 bits per heavy atom. The molecule has 0 bridgehead atoms. The van der Waals surface area contributed by atoms with Crippen LogP contribution in [0.4, 0.5) is 4.39 Å². The number of carbonyl (C=O) groups excluding carboxylic acids is 1. The fourth-order valence-corrected chi connectivity index (χ4v) is 2.76. The highest BCUT2D eigenvalue weighted by Gasteiger charge is 2.10. The number of nitrogens with zero attached hydrogens (tertiary/aromatic N) is 1. The van der Waals surface area contributed by atoms with E-state index >= 15 is 0 Å². The van der Waals surface area contributed by atoms with Gasteiger partial charge in [0.05, 0.1) is 6.54 Å². The van der Waals surface area contributed by atoms with Crippen LogP contribution in [0, 0.1) is 5.82 Å². The third-order valence-corrected chi connectivity index (χ3v) is 4.38. The van der Waals surface area contributed by atoms with Crippen LogP contribution in [0.25, 0.3) is 0 Å². The van der Waals surface area contributed by atoms with Crippen molar-refractivity contribution in [3.8, 4) is 11.5 Å². The van der Waals surface area contributed by atoms with Gasteiger partial charge in [-0.25, -0.2) is 4.39 Å². The molecule has 1 amide bonds. The van der Waals surface area contributed by atoms with E-state index in [4.69, 9.17) is 9.47 Å². The zero-order valence-electron chi connectivity index (χ0n) is 18.7. The van der Waals surface area contributed by atoms with Crippen LogP contribution in [0.5, 0.6) is 11.5 Å². The van der Waals surface area contributed by atoms with E-state index in [0.717, 1.165) is 12.0 Å². The third-order valence-electron chi connectivity index (χ3n) is 4.38. The van der Waals surface area contributed by atoms with E-state index < -0.39 is 0 Å². The molecule has 1 unspecified atom stereocenters. The van der Waals surface area contributed by atoms with Crippen molar-refractivity contribution in [2.75, 3.05) is 26.7 Å². The van der Waals surface area contributed by atoms with E-state index in [0.29, 0.717) is 37.1 Å². The van der Waals surface area contributed by atoms with E-state index in [1.54, 1.807) is 19.2 Å². The number of guanidine groups is 1. The minimum atomic E-state index is -0.324. The Morgan fingerprint density at radius 2 is 1.81 bits per heavy atom. The maximum atomic E-state index is 13.3. The van der Waals surface area contributed by atoms with Gasteiger partial charge >= 0.3 is 0 Å². The molecule has 0 spiro atoms. The number of amides is 1. The lowest BCUT2D eigenvalue weighted by Gasteiger charge is -2.20. The summed E-state index contributed by atoms with van der Waals surface area (Å²) < 4.78 is 24.7. The fraction of sp³-hybridized carbons (Fsp3) is 0.391. The maximum Gasteiger partial charge on any atom is 0.257 e. The number of aliphatic imine (C=N–C) groups is 1. The molecule has 32 heavy (non-hydrogen) atoms. The summed E-state index contributed by atoms with van der Waals surface area (Å²) in [7, 11) is 1.69. The van der Waals surface area contributed by atoms with Crippen molar-refractivity contribution in [1.82, 2.24) is 16.0 Å². The highest BCUT2D eigenvalue weighted by molar-refractivity contribution is 14.0. The van der Waals surface area contributed by atoms with Crippen molar-refractivity contribution in [3.05, 3.63) is 59.9 Å². The van der Waals surface area contributed by atoms with Crippen LogP contribution in [-0.2, 0) is 11.3 Å². The van der Waals surface area contributed by atoms with Gasteiger partial charge in [0.1, 0.15) is 23.4 Å². The van der Waals surface area contributed by atoms with Crippen molar-refractivity contribution < 1.29 is 18.7 Å². The Labute approximate surface area is 206 Å². The molecule has 0 aliphatic rings. The zero-order chi connectivity index (χ0) is 22.5. The van der Waals surface area contributed by atoms with Crippen LogP contribution in [0.1, 0.15) is 25.8 Å². The van der Waals surface area contributed by atoms with Crippen LogP contribution >= 0.6 is 24.0 Å². The summed E-state index contributed by atoms with van der Waals surface area (Å²) in [5.41, 5.74) is 0.986. The monoisotopic (exact) mass is 558 g/mol. The summed E-state index contributed by atoms with van der Waals surface area (Å²) in [6.45, 7) is 5.47. The van der Waals surface area contributed by atoms with Gasteiger partial charge in [-0.1, -0.05) is 25.1 Å². The molecule has 2 aromatic carbocycles. The normalized spacial score (nSPS) is 11.7. The SMILES string of the molecule is CCNC(=O)COc1cccc(CNC(=NC)NCC(CC)Oc2cccc(F)c2)c1.I. The van der Waals surface area contributed by atoms with E-state index in [-0.39, 0.29) is 48.4 Å². The Hall–Kier alpha value is -2.56. The number of carbonyl (C=O) groups is 1. The molecule has 2 rings (SSSR count). The first-order chi connectivity index (χ1) is 15.0. The van der Waals surface area contributed by atoms with Gasteiger partial charge in [0.15, 0.2) is 12.6 Å². The quantitative estimate of drug-likeness (QED) is 0.224. The van der Waals surface area contributed by atoms with Gasteiger partial charge in [-0.15, -0.1) is 24.0 Å². The molecule has 0 fully saturated rings. The predicted octanol–water partition coefficient (Wildman–Crippen LogP) is 3.48. The number of halogens is 2. The third kappa shape index (κ3) is 10.2.